The van der Waals surface area contributed by atoms with Gasteiger partial charge >= 0.3 is 0 Å². The van der Waals surface area contributed by atoms with Gasteiger partial charge in [-0.3, -0.25) is 0 Å². The standard InChI is InChI=1S/C12H14N4/c1-16-12(7-14-15-16)10-4-2-3-9-8(10)5-6-11(9)13/h2-4,7,11H,5-6,13H2,1H3. The molecule has 0 amide bonds. The van der Waals surface area contributed by atoms with E-state index in [0.29, 0.717) is 0 Å². The maximum absolute atomic E-state index is 6.07. The van der Waals surface area contributed by atoms with Crippen molar-refractivity contribution in [2.45, 2.75) is 18.9 Å². The van der Waals surface area contributed by atoms with Gasteiger partial charge in [-0.1, -0.05) is 23.4 Å². The molecule has 1 heterocycles. The maximum Gasteiger partial charge on any atom is 0.0885 e. The zero-order valence-corrected chi connectivity index (χ0v) is 9.22. The summed E-state index contributed by atoms with van der Waals surface area (Å²) < 4.78 is 1.81. The van der Waals surface area contributed by atoms with Crippen LogP contribution in [0.5, 0.6) is 0 Å². The van der Waals surface area contributed by atoms with Crippen LogP contribution in [0.2, 0.25) is 0 Å². The van der Waals surface area contributed by atoms with Crippen molar-refractivity contribution in [1.82, 2.24) is 15.0 Å². The molecule has 0 saturated carbocycles. The first-order valence-electron chi connectivity index (χ1n) is 5.50. The van der Waals surface area contributed by atoms with Crippen LogP contribution >= 0.6 is 0 Å². The highest BCUT2D eigenvalue weighted by Crippen LogP contribution is 2.35. The van der Waals surface area contributed by atoms with Crippen LogP contribution in [0.15, 0.2) is 24.4 Å². The van der Waals surface area contributed by atoms with Gasteiger partial charge < -0.3 is 5.73 Å². The SMILES string of the molecule is Cn1nncc1-c1cccc2c1CCC2N. The summed E-state index contributed by atoms with van der Waals surface area (Å²) in [5.74, 6) is 0. The van der Waals surface area contributed by atoms with Crippen molar-refractivity contribution >= 4 is 0 Å². The predicted octanol–water partition coefficient (Wildman–Crippen LogP) is 1.43. The highest BCUT2D eigenvalue weighted by Gasteiger charge is 2.22. The van der Waals surface area contributed by atoms with E-state index in [9.17, 15) is 0 Å². The van der Waals surface area contributed by atoms with Gasteiger partial charge in [-0.25, -0.2) is 4.68 Å². The van der Waals surface area contributed by atoms with E-state index >= 15 is 0 Å². The summed E-state index contributed by atoms with van der Waals surface area (Å²) in [5.41, 5.74) is 11.0. The lowest BCUT2D eigenvalue weighted by molar-refractivity contribution is 0.713. The van der Waals surface area contributed by atoms with Crippen molar-refractivity contribution in [2.75, 3.05) is 0 Å². The molecular weight excluding hydrogens is 200 g/mol. The van der Waals surface area contributed by atoms with E-state index in [1.54, 1.807) is 10.9 Å². The number of nitrogens with two attached hydrogens (primary N) is 1. The van der Waals surface area contributed by atoms with Crippen LogP contribution in [0.3, 0.4) is 0 Å². The second-order valence-electron chi connectivity index (χ2n) is 4.26. The quantitative estimate of drug-likeness (QED) is 0.781. The third kappa shape index (κ3) is 1.27. The molecule has 3 rings (SSSR count). The Kier molecular flexibility index (Phi) is 2.04. The van der Waals surface area contributed by atoms with Crippen molar-refractivity contribution in [3.63, 3.8) is 0 Å². The van der Waals surface area contributed by atoms with Gasteiger partial charge in [-0.05, 0) is 24.0 Å². The molecule has 2 N–H and O–H groups in total. The summed E-state index contributed by atoms with van der Waals surface area (Å²) >= 11 is 0. The Hall–Kier alpha value is -1.68. The summed E-state index contributed by atoms with van der Waals surface area (Å²) in [6.45, 7) is 0. The Labute approximate surface area is 94.1 Å². The molecule has 1 aromatic carbocycles. The number of nitrogens with zero attached hydrogens (tertiary/aromatic N) is 3. The fourth-order valence-corrected chi connectivity index (χ4v) is 2.46. The van der Waals surface area contributed by atoms with Crippen LogP contribution in [-0.2, 0) is 13.5 Å². The van der Waals surface area contributed by atoms with Crippen molar-refractivity contribution in [1.29, 1.82) is 0 Å². The molecule has 4 nitrogen and oxygen atoms in total. The minimum absolute atomic E-state index is 0.191. The molecular formula is C12H14N4. The largest absolute Gasteiger partial charge is 0.324 e. The third-order valence-electron chi connectivity index (χ3n) is 3.31. The lowest BCUT2D eigenvalue weighted by Gasteiger charge is -2.09. The zero-order chi connectivity index (χ0) is 11.1. The first-order valence-corrected chi connectivity index (χ1v) is 5.50. The second kappa shape index (κ2) is 3.42. The molecule has 82 valence electrons. The minimum atomic E-state index is 0.191. The van der Waals surface area contributed by atoms with Crippen LogP contribution < -0.4 is 5.73 Å². The molecule has 1 aliphatic rings. The topological polar surface area (TPSA) is 56.7 Å². The zero-order valence-electron chi connectivity index (χ0n) is 9.22. The van der Waals surface area contributed by atoms with E-state index in [0.717, 1.165) is 18.5 Å². The summed E-state index contributed by atoms with van der Waals surface area (Å²) in [4.78, 5) is 0. The molecule has 1 aromatic heterocycles. The predicted molar refractivity (Wildman–Crippen MR) is 61.7 cm³/mol. The van der Waals surface area contributed by atoms with Gasteiger partial charge in [0.05, 0.1) is 11.9 Å². The Morgan fingerprint density at radius 1 is 1.44 bits per heavy atom. The number of aryl methyl sites for hydroxylation is 1. The molecule has 2 aromatic rings. The summed E-state index contributed by atoms with van der Waals surface area (Å²) in [7, 11) is 1.91. The van der Waals surface area contributed by atoms with Crippen LogP contribution in [0.4, 0.5) is 0 Å². The lowest BCUT2D eigenvalue weighted by Crippen LogP contribution is -2.05. The summed E-state index contributed by atoms with van der Waals surface area (Å²) in [6, 6.07) is 6.50. The lowest BCUT2D eigenvalue weighted by atomic mass is 10.0. The third-order valence-corrected chi connectivity index (χ3v) is 3.31. The second-order valence-corrected chi connectivity index (χ2v) is 4.26. The van der Waals surface area contributed by atoms with Crippen LogP contribution in [0.1, 0.15) is 23.6 Å². The smallest absolute Gasteiger partial charge is 0.0885 e. The first kappa shape index (κ1) is 9.54. The van der Waals surface area contributed by atoms with Crippen molar-refractivity contribution in [3.05, 3.63) is 35.5 Å². The van der Waals surface area contributed by atoms with Gasteiger partial charge in [0, 0.05) is 18.7 Å². The molecule has 1 unspecified atom stereocenters. The number of hydrogen-bond acceptors (Lipinski definition) is 3. The minimum Gasteiger partial charge on any atom is -0.324 e. The Morgan fingerprint density at radius 2 is 2.31 bits per heavy atom. The molecule has 0 radical (unpaired) electrons. The Balaban J connectivity index is 2.20. The fourth-order valence-electron chi connectivity index (χ4n) is 2.46. The molecule has 0 fully saturated rings. The van der Waals surface area contributed by atoms with Crippen LogP contribution in [0, 0.1) is 0 Å². The van der Waals surface area contributed by atoms with E-state index in [1.807, 2.05) is 7.05 Å². The number of aromatic nitrogens is 3. The van der Waals surface area contributed by atoms with Crippen LogP contribution in [-0.4, -0.2) is 15.0 Å². The molecule has 4 heteroatoms. The van der Waals surface area contributed by atoms with Gasteiger partial charge in [0.2, 0.25) is 0 Å². The van der Waals surface area contributed by atoms with Gasteiger partial charge in [0.1, 0.15) is 0 Å². The van der Waals surface area contributed by atoms with Crippen LogP contribution in [0.25, 0.3) is 11.3 Å². The van der Waals surface area contributed by atoms with Crippen molar-refractivity contribution < 1.29 is 0 Å². The van der Waals surface area contributed by atoms with E-state index in [2.05, 4.69) is 28.5 Å². The summed E-state index contributed by atoms with van der Waals surface area (Å²) in [5, 5.41) is 7.90. The summed E-state index contributed by atoms with van der Waals surface area (Å²) in [6.07, 6.45) is 3.90. The average Bonchev–Trinajstić information content (AvgIpc) is 2.86. The monoisotopic (exact) mass is 214 g/mol. The number of hydrogen-bond donors (Lipinski definition) is 1. The molecule has 0 bridgehead atoms. The van der Waals surface area contributed by atoms with Gasteiger partial charge in [0.25, 0.3) is 0 Å². The van der Waals surface area contributed by atoms with Gasteiger partial charge in [-0.2, -0.15) is 0 Å². The van der Waals surface area contributed by atoms with E-state index in [-0.39, 0.29) is 6.04 Å². The molecule has 0 spiro atoms. The van der Waals surface area contributed by atoms with E-state index in [1.165, 1.54) is 16.7 Å². The number of benzene rings is 1. The highest BCUT2D eigenvalue weighted by molar-refractivity contribution is 5.66. The molecule has 1 aliphatic carbocycles. The van der Waals surface area contributed by atoms with E-state index in [4.69, 9.17) is 5.73 Å². The Bertz CT molecular complexity index is 530. The molecule has 0 aliphatic heterocycles. The maximum atomic E-state index is 6.07. The van der Waals surface area contributed by atoms with Crippen molar-refractivity contribution in [3.8, 4) is 11.3 Å². The Morgan fingerprint density at radius 3 is 3.06 bits per heavy atom. The van der Waals surface area contributed by atoms with Crippen molar-refractivity contribution in [2.24, 2.45) is 12.8 Å². The molecule has 0 saturated heterocycles. The highest BCUT2D eigenvalue weighted by atomic mass is 15.4. The van der Waals surface area contributed by atoms with Gasteiger partial charge in [-0.15, -0.1) is 5.10 Å². The first-order chi connectivity index (χ1) is 7.77. The molecule has 1 atom stereocenters. The fraction of sp³-hybridized carbons (Fsp3) is 0.333. The molecule has 16 heavy (non-hydrogen) atoms. The average molecular weight is 214 g/mol. The van der Waals surface area contributed by atoms with E-state index < -0.39 is 0 Å². The van der Waals surface area contributed by atoms with Gasteiger partial charge in [0.15, 0.2) is 0 Å². The number of fused-ring (bicyclic) bond motifs is 1. The normalized spacial score (nSPS) is 18.8. The number of rotatable bonds is 1.